The van der Waals surface area contributed by atoms with Crippen molar-refractivity contribution in [3.8, 4) is 16.1 Å². The predicted molar refractivity (Wildman–Crippen MR) is 123 cm³/mol. The molecule has 33 heavy (non-hydrogen) atoms. The third-order valence-electron chi connectivity index (χ3n) is 6.19. The summed E-state index contributed by atoms with van der Waals surface area (Å²) in [6, 6.07) is 9.82. The zero-order valence-corrected chi connectivity index (χ0v) is 18.5. The Kier molecular flexibility index (Phi) is 4.83. The number of carbonyl (C=O) groups excluding carboxylic acids is 1. The largest absolute Gasteiger partial charge is 0.315 e. The molecule has 2 aliphatic carbocycles. The minimum Gasteiger partial charge on any atom is -0.315 e. The Morgan fingerprint density at radius 3 is 2.73 bits per heavy atom. The minimum absolute atomic E-state index is 0.194. The maximum Gasteiger partial charge on any atom is 0.284 e. The zero-order chi connectivity index (χ0) is 22.5. The average Bonchev–Trinajstić information content (AvgIpc) is 3.43. The summed E-state index contributed by atoms with van der Waals surface area (Å²) in [6.07, 6.45) is 8.93. The number of hydrogen-bond acceptors (Lipinski definition) is 4. The first kappa shape index (κ1) is 20.2. The van der Waals surface area contributed by atoms with Crippen LogP contribution in [0.2, 0.25) is 0 Å². The Bertz CT molecular complexity index is 1370. The van der Waals surface area contributed by atoms with E-state index in [1.807, 2.05) is 10.9 Å². The van der Waals surface area contributed by atoms with E-state index in [-0.39, 0.29) is 5.01 Å². The average molecular weight is 463 g/mol. The maximum absolute atomic E-state index is 14.0. The summed E-state index contributed by atoms with van der Waals surface area (Å²) in [4.78, 5) is 22.8. The fourth-order valence-electron chi connectivity index (χ4n) is 4.28. The molecule has 0 radical (unpaired) electrons. The van der Waals surface area contributed by atoms with Crippen molar-refractivity contribution >= 4 is 22.9 Å². The molecule has 0 aliphatic heterocycles. The van der Waals surface area contributed by atoms with E-state index in [4.69, 9.17) is 0 Å². The van der Waals surface area contributed by atoms with Crippen LogP contribution in [-0.2, 0) is 12.8 Å². The van der Waals surface area contributed by atoms with Gasteiger partial charge in [-0.15, -0.1) is 11.3 Å². The lowest BCUT2D eigenvalue weighted by Gasteiger charge is -2.09. The third-order valence-corrected chi connectivity index (χ3v) is 7.32. The Labute approximate surface area is 193 Å². The highest BCUT2D eigenvalue weighted by atomic mass is 32.1. The Hall–Kier alpha value is -3.39. The Morgan fingerprint density at radius 2 is 1.94 bits per heavy atom. The molecule has 1 N–H and O–H groups in total. The van der Waals surface area contributed by atoms with Crippen LogP contribution in [-0.4, -0.2) is 20.4 Å². The number of rotatable bonds is 4. The number of anilines is 1. The van der Waals surface area contributed by atoms with E-state index in [0.717, 1.165) is 58.9 Å². The zero-order valence-electron chi connectivity index (χ0n) is 17.6. The van der Waals surface area contributed by atoms with Gasteiger partial charge in [0.1, 0.15) is 17.3 Å². The van der Waals surface area contributed by atoms with Crippen LogP contribution >= 0.6 is 11.3 Å². The summed E-state index contributed by atoms with van der Waals surface area (Å²) in [7, 11) is 0. The van der Waals surface area contributed by atoms with Crippen molar-refractivity contribution in [3.63, 3.8) is 0 Å². The number of benzene rings is 2. The van der Waals surface area contributed by atoms with Crippen molar-refractivity contribution in [2.45, 2.75) is 38.0 Å². The number of imidazole rings is 1. The van der Waals surface area contributed by atoms with Gasteiger partial charge in [-0.25, -0.2) is 18.7 Å². The lowest BCUT2D eigenvalue weighted by atomic mass is 10.0. The van der Waals surface area contributed by atoms with Gasteiger partial charge in [0.15, 0.2) is 5.01 Å². The minimum atomic E-state index is -0.817. The van der Waals surface area contributed by atoms with E-state index in [9.17, 15) is 13.6 Å². The molecule has 4 aromatic rings. The van der Waals surface area contributed by atoms with E-state index in [1.165, 1.54) is 35.8 Å². The molecule has 0 saturated heterocycles. The van der Waals surface area contributed by atoms with E-state index in [2.05, 4.69) is 39.7 Å². The predicted octanol–water partition coefficient (Wildman–Crippen LogP) is 5.89. The first-order valence-electron chi connectivity index (χ1n) is 11.0. The topological polar surface area (TPSA) is 59.8 Å². The molecule has 0 atom stereocenters. The molecular weight excluding hydrogens is 442 g/mol. The molecule has 6 rings (SSSR count). The lowest BCUT2D eigenvalue weighted by Crippen LogP contribution is -2.14. The van der Waals surface area contributed by atoms with Gasteiger partial charge in [0.25, 0.3) is 5.91 Å². The highest BCUT2D eigenvalue weighted by Crippen LogP contribution is 2.40. The van der Waals surface area contributed by atoms with Gasteiger partial charge in [-0.1, -0.05) is 12.1 Å². The number of hydrogen-bond donors (Lipinski definition) is 1. The molecule has 0 unspecified atom stereocenters. The van der Waals surface area contributed by atoms with Crippen molar-refractivity contribution < 1.29 is 13.6 Å². The summed E-state index contributed by atoms with van der Waals surface area (Å²) >= 11 is 1.26. The molecule has 8 heteroatoms. The van der Waals surface area contributed by atoms with Gasteiger partial charge in [-0.2, -0.15) is 0 Å². The summed E-state index contributed by atoms with van der Waals surface area (Å²) < 4.78 is 30.0. The van der Waals surface area contributed by atoms with Crippen LogP contribution in [0.15, 0.2) is 48.9 Å². The van der Waals surface area contributed by atoms with Crippen molar-refractivity contribution in [2.75, 3.05) is 5.32 Å². The highest BCUT2D eigenvalue weighted by molar-refractivity contribution is 7.17. The number of amides is 1. The van der Waals surface area contributed by atoms with Crippen molar-refractivity contribution in [3.05, 3.63) is 82.5 Å². The van der Waals surface area contributed by atoms with Gasteiger partial charge < -0.3 is 9.88 Å². The molecule has 2 aromatic heterocycles. The number of fused-ring (bicyclic) bond motifs is 3. The quantitative estimate of drug-likeness (QED) is 0.411. The number of aryl methyl sites for hydroxylation is 2. The molecule has 2 aliphatic rings. The van der Waals surface area contributed by atoms with Crippen LogP contribution < -0.4 is 5.32 Å². The fourth-order valence-corrected chi connectivity index (χ4v) is 5.34. The van der Waals surface area contributed by atoms with Crippen molar-refractivity contribution in [1.82, 2.24) is 14.5 Å². The number of para-hydroxylation sites is 1. The van der Waals surface area contributed by atoms with E-state index >= 15 is 0 Å². The number of nitrogens with zero attached hydrogens (tertiary/aromatic N) is 3. The second kappa shape index (κ2) is 7.88. The van der Waals surface area contributed by atoms with Crippen LogP contribution in [0.1, 0.15) is 51.9 Å². The summed E-state index contributed by atoms with van der Waals surface area (Å²) in [5, 5.41) is 2.54. The number of nitrogens with one attached hydrogen (secondary N) is 1. The van der Waals surface area contributed by atoms with Gasteiger partial charge in [0, 0.05) is 17.8 Å². The summed E-state index contributed by atoms with van der Waals surface area (Å²) in [5.41, 5.74) is 4.78. The second-order valence-electron chi connectivity index (χ2n) is 8.52. The summed E-state index contributed by atoms with van der Waals surface area (Å²) in [5.74, 6) is -1.66. The second-order valence-corrected chi connectivity index (χ2v) is 9.52. The van der Waals surface area contributed by atoms with Gasteiger partial charge in [-0.05, 0) is 67.5 Å². The molecule has 0 bridgehead atoms. The van der Waals surface area contributed by atoms with Crippen LogP contribution in [0, 0.1) is 11.6 Å². The first-order chi connectivity index (χ1) is 16.1. The van der Waals surface area contributed by atoms with E-state index in [0.29, 0.717) is 5.92 Å². The van der Waals surface area contributed by atoms with Gasteiger partial charge in [0.05, 0.1) is 22.6 Å². The molecule has 1 amide bonds. The molecule has 2 heterocycles. The Morgan fingerprint density at radius 1 is 1.12 bits per heavy atom. The molecule has 166 valence electrons. The van der Waals surface area contributed by atoms with Gasteiger partial charge in [-0.3, -0.25) is 4.79 Å². The number of thiazole rings is 1. The number of carbonyl (C=O) groups is 1. The normalized spacial score (nSPS) is 15.0. The van der Waals surface area contributed by atoms with Crippen LogP contribution in [0.4, 0.5) is 14.5 Å². The van der Waals surface area contributed by atoms with E-state index in [1.54, 1.807) is 0 Å². The lowest BCUT2D eigenvalue weighted by molar-refractivity contribution is 0.102. The number of aromatic nitrogens is 3. The highest BCUT2D eigenvalue weighted by Gasteiger charge is 2.26. The van der Waals surface area contributed by atoms with Crippen LogP contribution in [0.5, 0.6) is 0 Å². The monoisotopic (exact) mass is 462 g/mol. The third kappa shape index (κ3) is 3.74. The first-order valence-corrected chi connectivity index (χ1v) is 11.8. The molecule has 2 aromatic carbocycles. The van der Waals surface area contributed by atoms with Gasteiger partial charge in [0.2, 0.25) is 0 Å². The molecular formula is C25H20F2N4OS. The van der Waals surface area contributed by atoms with Crippen LogP contribution in [0.3, 0.4) is 0 Å². The molecule has 5 nitrogen and oxygen atoms in total. The SMILES string of the molecule is O=C(Nc1c(F)cccc1F)c1nc2c(s1)-c1cc(-n3cnc(C4CC4)c3)ccc1CCC2. The van der Waals surface area contributed by atoms with Crippen molar-refractivity contribution in [2.24, 2.45) is 0 Å². The van der Waals surface area contributed by atoms with Crippen LogP contribution in [0.25, 0.3) is 16.1 Å². The smallest absolute Gasteiger partial charge is 0.284 e. The van der Waals surface area contributed by atoms with Crippen molar-refractivity contribution in [1.29, 1.82) is 0 Å². The van der Waals surface area contributed by atoms with E-state index < -0.39 is 23.2 Å². The molecule has 0 spiro atoms. The molecule has 1 fully saturated rings. The number of halogens is 2. The van der Waals surface area contributed by atoms with Gasteiger partial charge >= 0.3 is 0 Å². The molecule has 1 saturated carbocycles. The summed E-state index contributed by atoms with van der Waals surface area (Å²) in [6.45, 7) is 0. The standard InChI is InChI=1S/C25H20F2N4OS/c26-18-4-2-5-19(27)22(18)30-24(32)25-29-20-6-1-3-14-9-10-16(11-17(14)23(20)33-25)31-12-21(28-13-31)15-7-8-15/h2,4-5,9-13,15H,1,3,6-8H2,(H,30,32). The maximum atomic E-state index is 14.0. The fraction of sp³-hybridized carbons (Fsp3) is 0.240. The Balaban J connectivity index is 1.35.